The van der Waals surface area contributed by atoms with E-state index in [1.165, 1.54) is 16.7 Å². The van der Waals surface area contributed by atoms with Gasteiger partial charge in [-0.3, -0.25) is 11.3 Å². The maximum atomic E-state index is 5.76. The van der Waals surface area contributed by atoms with Gasteiger partial charge in [-0.15, -0.1) is 0 Å². The van der Waals surface area contributed by atoms with E-state index in [1.807, 2.05) is 0 Å². The van der Waals surface area contributed by atoms with E-state index in [9.17, 15) is 0 Å². The smallest absolute Gasteiger partial charge is 0.0468 e. The van der Waals surface area contributed by atoms with Crippen molar-refractivity contribution < 1.29 is 4.74 Å². The van der Waals surface area contributed by atoms with Crippen molar-refractivity contribution in [2.45, 2.75) is 39.2 Å². The van der Waals surface area contributed by atoms with Crippen LogP contribution in [0.2, 0.25) is 0 Å². The summed E-state index contributed by atoms with van der Waals surface area (Å²) in [5.74, 6) is 6.48. The third kappa shape index (κ3) is 3.31. The average Bonchev–Trinajstić information content (AvgIpc) is 2.40. The summed E-state index contributed by atoms with van der Waals surface area (Å²) >= 11 is 0. The van der Waals surface area contributed by atoms with Crippen LogP contribution in [0.5, 0.6) is 0 Å². The third-order valence-electron chi connectivity index (χ3n) is 3.92. The molecule has 1 heterocycles. The second kappa shape index (κ2) is 6.32. The Balaban J connectivity index is 2.09. The molecule has 1 aromatic rings. The van der Waals surface area contributed by atoms with Crippen LogP contribution in [0, 0.1) is 19.8 Å². The minimum atomic E-state index is 0.257. The van der Waals surface area contributed by atoms with Crippen LogP contribution in [0.1, 0.15) is 42.0 Å². The Labute approximate surface area is 110 Å². The van der Waals surface area contributed by atoms with E-state index in [1.54, 1.807) is 0 Å². The average molecular weight is 248 g/mol. The Kier molecular flexibility index (Phi) is 4.75. The lowest BCUT2D eigenvalue weighted by Crippen LogP contribution is -2.31. The van der Waals surface area contributed by atoms with Gasteiger partial charge >= 0.3 is 0 Å². The molecule has 0 bridgehead atoms. The molecule has 0 aromatic heterocycles. The first-order valence-corrected chi connectivity index (χ1v) is 6.81. The molecule has 1 aliphatic heterocycles. The van der Waals surface area contributed by atoms with Gasteiger partial charge in [0.25, 0.3) is 0 Å². The van der Waals surface area contributed by atoms with Crippen molar-refractivity contribution in [3.8, 4) is 0 Å². The molecule has 1 unspecified atom stereocenters. The summed E-state index contributed by atoms with van der Waals surface area (Å²) < 4.78 is 5.41. The number of rotatable bonds is 4. The lowest BCUT2D eigenvalue weighted by atomic mass is 9.88. The van der Waals surface area contributed by atoms with Crippen molar-refractivity contribution in [2.24, 2.45) is 11.8 Å². The maximum absolute atomic E-state index is 5.76. The molecule has 0 amide bonds. The van der Waals surface area contributed by atoms with E-state index in [-0.39, 0.29) is 6.04 Å². The molecule has 0 spiro atoms. The molecule has 1 saturated heterocycles. The summed E-state index contributed by atoms with van der Waals surface area (Å²) in [6.45, 7) is 6.08. The van der Waals surface area contributed by atoms with Crippen molar-refractivity contribution in [3.63, 3.8) is 0 Å². The highest BCUT2D eigenvalue weighted by atomic mass is 16.5. The molecule has 18 heavy (non-hydrogen) atoms. The molecule has 1 atom stereocenters. The molecule has 1 aromatic carbocycles. The minimum Gasteiger partial charge on any atom is -0.381 e. The second-order valence-corrected chi connectivity index (χ2v) is 5.37. The first kappa shape index (κ1) is 13.5. The molecule has 100 valence electrons. The number of aryl methyl sites for hydroxylation is 2. The van der Waals surface area contributed by atoms with Crippen molar-refractivity contribution >= 4 is 0 Å². The summed E-state index contributed by atoms with van der Waals surface area (Å²) in [7, 11) is 0. The molecule has 3 nitrogen and oxygen atoms in total. The highest BCUT2D eigenvalue weighted by Gasteiger charge is 2.20. The summed E-state index contributed by atoms with van der Waals surface area (Å²) in [5.41, 5.74) is 6.94. The highest BCUT2D eigenvalue weighted by molar-refractivity contribution is 5.33. The maximum Gasteiger partial charge on any atom is 0.0468 e. The third-order valence-corrected chi connectivity index (χ3v) is 3.92. The molecule has 3 heteroatoms. The summed E-state index contributed by atoms with van der Waals surface area (Å²) in [6, 6.07) is 6.84. The Hall–Kier alpha value is -0.900. The number of hydrogen-bond donors (Lipinski definition) is 2. The predicted molar refractivity (Wildman–Crippen MR) is 74.1 cm³/mol. The Morgan fingerprint density at radius 1 is 1.33 bits per heavy atom. The van der Waals surface area contributed by atoms with E-state index < -0.39 is 0 Å². The molecule has 0 saturated carbocycles. The molecule has 1 fully saturated rings. The van der Waals surface area contributed by atoms with Gasteiger partial charge in [0.05, 0.1) is 0 Å². The highest BCUT2D eigenvalue weighted by Crippen LogP contribution is 2.29. The van der Waals surface area contributed by atoms with Gasteiger partial charge in [0.1, 0.15) is 0 Å². The number of ether oxygens (including phenoxy) is 1. The molecule has 2 rings (SSSR count). The topological polar surface area (TPSA) is 47.3 Å². The lowest BCUT2D eigenvalue weighted by Gasteiger charge is -2.27. The van der Waals surface area contributed by atoms with Crippen LogP contribution in [-0.2, 0) is 4.74 Å². The van der Waals surface area contributed by atoms with Gasteiger partial charge in [0, 0.05) is 19.3 Å². The fourth-order valence-corrected chi connectivity index (χ4v) is 2.74. The molecular weight excluding hydrogens is 224 g/mol. The van der Waals surface area contributed by atoms with Crippen molar-refractivity contribution in [3.05, 3.63) is 34.9 Å². The normalized spacial score (nSPS) is 18.8. The van der Waals surface area contributed by atoms with Gasteiger partial charge in [0.2, 0.25) is 0 Å². The van der Waals surface area contributed by atoms with Crippen LogP contribution < -0.4 is 11.3 Å². The monoisotopic (exact) mass is 248 g/mol. The zero-order valence-electron chi connectivity index (χ0n) is 11.4. The van der Waals surface area contributed by atoms with Gasteiger partial charge in [-0.05, 0) is 50.2 Å². The zero-order valence-corrected chi connectivity index (χ0v) is 11.4. The number of hydrazine groups is 1. The molecular formula is C15H24N2O. The van der Waals surface area contributed by atoms with E-state index in [0.717, 1.165) is 38.4 Å². The first-order valence-electron chi connectivity index (χ1n) is 6.81. The van der Waals surface area contributed by atoms with E-state index in [4.69, 9.17) is 10.6 Å². The lowest BCUT2D eigenvalue weighted by molar-refractivity contribution is 0.0605. The van der Waals surface area contributed by atoms with E-state index in [2.05, 4.69) is 37.5 Å². The number of benzene rings is 1. The van der Waals surface area contributed by atoms with Crippen molar-refractivity contribution in [1.82, 2.24) is 5.43 Å². The Morgan fingerprint density at radius 3 is 2.72 bits per heavy atom. The largest absolute Gasteiger partial charge is 0.381 e. The fourth-order valence-electron chi connectivity index (χ4n) is 2.74. The van der Waals surface area contributed by atoms with E-state index >= 15 is 0 Å². The Bertz CT molecular complexity index is 386. The van der Waals surface area contributed by atoms with E-state index in [0.29, 0.717) is 0 Å². The van der Waals surface area contributed by atoms with Crippen LogP contribution in [0.25, 0.3) is 0 Å². The predicted octanol–water partition coefficient (Wildman–Crippen LogP) is 2.62. The Morgan fingerprint density at radius 2 is 2.06 bits per heavy atom. The standard InChI is InChI=1S/C15H24N2O/c1-11-3-4-12(2)14(9-11)15(17-16)10-13-5-7-18-8-6-13/h3-4,9,13,15,17H,5-8,10,16H2,1-2H3. The minimum absolute atomic E-state index is 0.257. The quantitative estimate of drug-likeness (QED) is 0.636. The molecule has 0 radical (unpaired) electrons. The summed E-state index contributed by atoms with van der Waals surface area (Å²) in [5, 5.41) is 0. The number of nitrogens with one attached hydrogen (secondary N) is 1. The van der Waals surface area contributed by atoms with Crippen LogP contribution >= 0.6 is 0 Å². The molecule has 0 aliphatic carbocycles. The van der Waals surface area contributed by atoms with Crippen LogP contribution in [-0.4, -0.2) is 13.2 Å². The molecule has 3 N–H and O–H groups in total. The number of nitrogens with two attached hydrogens (primary N) is 1. The van der Waals surface area contributed by atoms with Gasteiger partial charge in [-0.1, -0.05) is 23.8 Å². The molecule has 1 aliphatic rings. The summed E-state index contributed by atoms with van der Waals surface area (Å²) in [6.07, 6.45) is 3.41. The second-order valence-electron chi connectivity index (χ2n) is 5.37. The SMILES string of the molecule is Cc1ccc(C)c(C(CC2CCOCC2)NN)c1. The van der Waals surface area contributed by atoms with Crippen molar-refractivity contribution in [1.29, 1.82) is 0 Å². The summed E-state index contributed by atoms with van der Waals surface area (Å²) in [4.78, 5) is 0. The van der Waals surface area contributed by atoms with Gasteiger partial charge in [0.15, 0.2) is 0 Å². The van der Waals surface area contributed by atoms with Crippen LogP contribution in [0.15, 0.2) is 18.2 Å². The van der Waals surface area contributed by atoms with Gasteiger partial charge in [-0.2, -0.15) is 0 Å². The van der Waals surface area contributed by atoms with Crippen molar-refractivity contribution in [2.75, 3.05) is 13.2 Å². The first-order chi connectivity index (χ1) is 8.70. The van der Waals surface area contributed by atoms with Gasteiger partial charge in [-0.25, -0.2) is 0 Å². The zero-order chi connectivity index (χ0) is 13.0. The fraction of sp³-hybridized carbons (Fsp3) is 0.600. The van der Waals surface area contributed by atoms with Crippen LogP contribution in [0.4, 0.5) is 0 Å². The van der Waals surface area contributed by atoms with Crippen LogP contribution in [0.3, 0.4) is 0 Å². The van der Waals surface area contributed by atoms with Gasteiger partial charge < -0.3 is 4.74 Å². The number of hydrogen-bond acceptors (Lipinski definition) is 3.